The number of nitrogens with zero attached hydrogens (tertiary/aromatic N) is 1. The number of rotatable bonds is 1. The molecule has 2 heterocycles. The van der Waals surface area contributed by atoms with Gasteiger partial charge in [0.25, 0.3) is 0 Å². The van der Waals surface area contributed by atoms with E-state index in [1.54, 1.807) is 17.6 Å². The van der Waals surface area contributed by atoms with Crippen LogP contribution < -0.4 is 5.73 Å². The molecule has 2 aromatic heterocycles. The smallest absolute Gasteiger partial charge is 0.136 e. The standard InChI is InChI=1S/C12H10N2OS/c1-7-14-11(6-16-7)8-2-3-9-10(13)5-15-12(9)4-8/h2-6H,13H2,1H3. The first-order valence-electron chi connectivity index (χ1n) is 4.93. The maximum Gasteiger partial charge on any atom is 0.136 e. The highest BCUT2D eigenvalue weighted by Gasteiger charge is 2.06. The molecule has 0 saturated heterocycles. The number of nitrogen functional groups attached to an aromatic ring is 1. The number of anilines is 1. The normalized spacial score (nSPS) is 11.1. The molecule has 3 aromatic rings. The van der Waals surface area contributed by atoms with Gasteiger partial charge in [-0.15, -0.1) is 11.3 Å². The van der Waals surface area contributed by atoms with E-state index in [1.165, 1.54) is 0 Å². The number of benzene rings is 1. The first-order chi connectivity index (χ1) is 7.74. The van der Waals surface area contributed by atoms with E-state index in [9.17, 15) is 0 Å². The summed E-state index contributed by atoms with van der Waals surface area (Å²) >= 11 is 1.64. The molecule has 0 amide bonds. The molecule has 0 saturated carbocycles. The van der Waals surface area contributed by atoms with Gasteiger partial charge in [-0.2, -0.15) is 0 Å². The highest BCUT2D eigenvalue weighted by Crippen LogP contribution is 2.29. The highest BCUT2D eigenvalue weighted by atomic mass is 32.1. The Hall–Kier alpha value is -1.81. The van der Waals surface area contributed by atoms with E-state index in [0.717, 1.165) is 27.2 Å². The highest BCUT2D eigenvalue weighted by molar-refractivity contribution is 7.09. The van der Waals surface area contributed by atoms with Gasteiger partial charge >= 0.3 is 0 Å². The van der Waals surface area contributed by atoms with Gasteiger partial charge in [-0.05, 0) is 19.1 Å². The second-order valence-corrected chi connectivity index (χ2v) is 4.72. The number of nitrogens with two attached hydrogens (primary N) is 1. The lowest BCUT2D eigenvalue weighted by Crippen LogP contribution is -1.81. The first kappa shape index (κ1) is 9.42. The van der Waals surface area contributed by atoms with Crippen LogP contribution in [0.25, 0.3) is 22.2 Å². The molecule has 0 aliphatic heterocycles. The van der Waals surface area contributed by atoms with Crippen LogP contribution >= 0.6 is 11.3 Å². The van der Waals surface area contributed by atoms with Crippen LogP contribution in [-0.4, -0.2) is 4.98 Å². The van der Waals surface area contributed by atoms with E-state index in [2.05, 4.69) is 4.98 Å². The summed E-state index contributed by atoms with van der Waals surface area (Å²) in [5.41, 5.74) is 9.29. The van der Waals surface area contributed by atoms with Crippen LogP contribution in [0.4, 0.5) is 5.69 Å². The summed E-state index contributed by atoms with van der Waals surface area (Å²) in [6, 6.07) is 5.96. The summed E-state index contributed by atoms with van der Waals surface area (Å²) < 4.78 is 5.37. The molecule has 2 N–H and O–H groups in total. The summed E-state index contributed by atoms with van der Waals surface area (Å²) in [7, 11) is 0. The number of furan rings is 1. The Morgan fingerprint density at radius 3 is 3.00 bits per heavy atom. The molecule has 0 aliphatic rings. The van der Waals surface area contributed by atoms with E-state index in [4.69, 9.17) is 10.2 Å². The Morgan fingerprint density at radius 1 is 1.38 bits per heavy atom. The largest absolute Gasteiger partial charge is 0.462 e. The zero-order valence-electron chi connectivity index (χ0n) is 8.73. The van der Waals surface area contributed by atoms with Crippen LogP contribution in [0, 0.1) is 6.92 Å². The van der Waals surface area contributed by atoms with Crippen molar-refractivity contribution in [2.75, 3.05) is 5.73 Å². The Labute approximate surface area is 96.5 Å². The van der Waals surface area contributed by atoms with E-state index >= 15 is 0 Å². The number of aromatic nitrogens is 1. The lowest BCUT2D eigenvalue weighted by Gasteiger charge is -1.96. The minimum Gasteiger partial charge on any atom is -0.462 e. The second-order valence-electron chi connectivity index (χ2n) is 3.65. The summed E-state index contributed by atoms with van der Waals surface area (Å²) in [6.45, 7) is 2.00. The molecule has 0 fully saturated rings. The Balaban J connectivity index is 2.18. The maximum absolute atomic E-state index is 5.76. The van der Waals surface area contributed by atoms with Gasteiger partial charge in [-0.1, -0.05) is 6.07 Å². The maximum atomic E-state index is 5.76. The summed E-state index contributed by atoms with van der Waals surface area (Å²) in [5, 5.41) is 4.06. The average molecular weight is 230 g/mol. The molecule has 0 atom stereocenters. The first-order valence-corrected chi connectivity index (χ1v) is 5.81. The third-order valence-corrected chi connectivity index (χ3v) is 3.29. The zero-order chi connectivity index (χ0) is 11.1. The second kappa shape index (κ2) is 3.35. The van der Waals surface area contributed by atoms with Gasteiger partial charge in [-0.25, -0.2) is 4.98 Å². The van der Waals surface area contributed by atoms with E-state index in [0.29, 0.717) is 5.69 Å². The van der Waals surface area contributed by atoms with E-state index in [1.807, 2.05) is 30.5 Å². The molecule has 0 bridgehead atoms. The molecule has 16 heavy (non-hydrogen) atoms. The molecule has 0 aliphatic carbocycles. The van der Waals surface area contributed by atoms with Crippen LogP contribution in [0.5, 0.6) is 0 Å². The summed E-state index contributed by atoms with van der Waals surface area (Å²) in [6.07, 6.45) is 1.57. The average Bonchev–Trinajstić information content (AvgIpc) is 2.86. The fraction of sp³-hybridized carbons (Fsp3) is 0.0833. The monoisotopic (exact) mass is 230 g/mol. The third kappa shape index (κ3) is 1.39. The Bertz CT molecular complexity index is 654. The molecule has 80 valence electrons. The van der Waals surface area contributed by atoms with Crippen molar-refractivity contribution in [2.24, 2.45) is 0 Å². The van der Waals surface area contributed by atoms with Crippen molar-refractivity contribution in [1.82, 2.24) is 4.98 Å². The zero-order valence-corrected chi connectivity index (χ0v) is 9.54. The number of thiazole rings is 1. The third-order valence-electron chi connectivity index (χ3n) is 2.52. The minimum absolute atomic E-state index is 0.677. The van der Waals surface area contributed by atoms with Gasteiger partial charge in [0.2, 0.25) is 0 Å². The van der Waals surface area contributed by atoms with Crippen molar-refractivity contribution in [2.45, 2.75) is 6.92 Å². The van der Waals surface area contributed by atoms with E-state index in [-0.39, 0.29) is 0 Å². The van der Waals surface area contributed by atoms with Crippen molar-refractivity contribution in [3.05, 3.63) is 34.8 Å². The topological polar surface area (TPSA) is 52.0 Å². The SMILES string of the molecule is Cc1nc(-c2ccc3c(N)coc3c2)cs1. The van der Waals surface area contributed by atoms with Crippen LogP contribution in [0.3, 0.4) is 0 Å². The van der Waals surface area contributed by atoms with Gasteiger partial charge in [0.1, 0.15) is 11.8 Å². The molecule has 0 unspecified atom stereocenters. The number of hydrogen-bond donors (Lipinski definition) is 1. The number of aryl methyl sites for hydroxylation is 1. The molecule has 0 spiro atoms. The molecule has 0 radical (unpaired) electrons. The van der Waals surface area contributed by atoms with Gasteiger partial charge < -0.3 is 10.2 Å². The lowest BCUT2D eigenvalue weighted by atomic mass is 10.1. The molecular weight excluding hydrogens is 220 g/mol. The Kier molecular flexibility index (Phi) is 1.97. The summed E-state index contributed by atoms with van der Waals surface area (Å²) in [4.78, 5) is 4.44. The van der Waals surface area contributed by atoms with Crippen LogP contribution in [0.1, 0.15) is 5.01 Å². The van der Waals surface area contributed by atoms with Crippen LogP contribution in [-0.2, 0) is 0 Å². The van der Waals surface area contributed by atoms with Gasteiger partial charge in [0, 0.05) is 16.3 Å². The Morgan fingerprint density at radius 2 is 2.25 bits per heavy atom. The predicted molar refractivity (Wildman–Crippen MR) is 66.5 cm³/mol. The van der Waals surface area contributed by atoms with Crippen molar-refractivity contribution >= 4 is 28.0 Å². The molecule has 3 rings (SSSR count). The molecule has 3 nitrogen and oxygen atoms in total. The van der Waals surface area contributed by atoms with E-state index < -0.39 is 0 Å². The fourth-order valence-electron chi connectivity index (χ4n) is 1.70. The predicted octanol–water partition coefficient (Wildman–Crippen LogP) is 3.45. The number of hydrogen-bond acceptors (Lipinski definition) is 4. The van der Waals surface area contributed by atoms with Gasteiger partial charge in [0.05, 0.1) is 16.4 Å². The molecule has 1 aromatic carbocycles. The summed E-state index contributed by atoms with van der Waals surface area (Å²) in [5.74, 6) is 0. The molecule has 4 heteroatoms. The quantitative estimate of drug-likeness (QED) is 0.696. The lowest BCUT2D eigenvalue weighted by molar-refractivity contribution is 0.617. The van der Waals surface area contributed by atoms with Crippen molar-refractivity contribution < 1.29 is 4.42 Å². The van der Waals surface area contributed by atoms with Crippen molar-refractivity contribution in [3.8, 4) is 11.3 Å². The van der Waals surface area contributed by atoms with Gasteiger partial charge in [0.15, 0.2) is 0 Å². The minimum atomic E-state index is 0.677. The fourth-order valence-corrected chi connectivity index (χ4v) is 2.33. The number of fused-ring (bicyclic) bond motifs is 1. The van der Waals surface area contributed by atoms with Crippen LogP contribution in [0.15, 0.2) is 34.3 Å². The van der Waals surface area contributed by atoms with Crippen molar-refractivity contribution in [3.63, 3.8) is 0 Å². The van der Waals surface area contributed by atoms with Crippen LogP contribution in [0.2, 0.25) is 0 Å². The molecular formula is C12H10N2OS. The van der Waals surface area contributed by atoms with Crippen molar-refractivity contribution in [1.29, 1.82) is 0 Å². The van der Waals surface area contributed by atoms with Gasteiger partial charge in [-0.3, -0.25) is 0 Å².